The number of hydrogen-bond donors (Lipinski definition) is 1. The molecule has 5 heteroatoms. The summed E-state index contributed by atoms with van der Waals surface area (Å²) in [6.45, 7) is 0.537. The molecule has 0 aliphatic heterocycles. The fourth-order valence-electron chi connectivity index (χ4n) is 2.07. The van der Waals surface area contributed by atoms with Crippen LogP contribution < -0.4 is 5.32 Å². The summed E-state index contributed by atoms with van der Waals surface area (Å²) in [7, 11) is 0. The number of rotatable bonds is 3. The molecule has 106 valence electrons. The standard InChI is InChI=1S/C16H11Br2NOS/c17-13-4-3-10-7-12(2-1-11(10)8-13)16(20)19-9-15-14(18)5-6-21-15/h1-8H,9H2,(H,19,20). The molecule has 2 nitrogen and oxygen atoms in total. The number of hydrogen-bond acceptors (Lipinski definition) is 2. The second kappa shape index (κ2) is 6.30. The Bertz CT molecular complexity index is 813. The summed E-state index contributed by atoms with van der Waals surface area (Å²) in [6, 6.07) is 13.8. The predicted octanol–water partition coefficient (Wildman–Crippen LogP) is 5.36. The van der Waals surface area contributed by atoms with E-state index in [0.29, 0.717) is 12.1 Å². The molecule has 0 aliphatic rings. The van der Waals surface area contributed by atoms with E-state index < -0.39 is 0 Å². The van der Waals surface area contributed by atoms with Gasteiger partial charge in [0.25, 0.3) is 5.91 Å². The number of halogens is 2. The minimum atomic E-state index is -0.0554. The molecule has 0 aliphatic carbocycles. The molecular formula is C16H11Br2NOS. The lowest BCUT2D eigenvalue weighted by atomic mass is 10.1. The normalized spacial score (nSPS) is 10.8. The summed E-state index contributed by atoms with van der Waals surface area (Å²) >= 11 is 8.54. The number of nitrogens with one attached hydrogen (secondary N) is 1. The molecule has 0 unspecified atom stereocenters. The second-order valence-electron chi connectivity index (χ2n) is 4.58. The zero-order valence-corrected chi connectivity index (χ0v) is 14.9. The molecule has 0 saturated carbocycles. The molecular weight excluding hydrogens is 414 g/mol. The van der Waals surface area contributed by atoms with Crippen LogP contribution in [0, 0.1) is 0 Å². The first kappa shape index (κ1) is 14.8. The molecule has 1 aromatic heterocycles. The van der Waals surface area contributed by atoms with E-state index in [9.17, 15) is 4.79 Å². The van der Waals surface area contributed by atoms with Gasteiger partial charge in [-0.3, -0.25) is 4.79 Å². The Labute approximate surface area is 143 Å². The number of amides is 1. The molecule has 0 bridgehead atoms. The van der Waals surface area contributed by atoms with Gasteiger partial charge in [0.15, 0.2) is 0 Å². The average Bonchev–Trinajstić information content (AvgIpc) is 2.89. The lowest BCUT2D eigenvalue weighted by Crippen LogP contribution is -2.22. The number of carbonyl (C=O) groups is 1. The molecule has 0 spiro atoms. The largest absolute Gasteiger partial charge is 0.347 e. The first-order chi connectivity index (χ1) is 10.1. The third-order valence-electron chi connectivity index (χ3n) is 3.17. The van der Waals surface area contributed by atoms with Crippen molar-refractivity contribution >= 4 is 59.9 Å². The van der Waals surface area contributed by atoms with Gasteiger partial charge in [-0.25, -0.2) is 0 Å². The van der Waals surface area contributed by atoms with Gasteiger partial charge in [-0.1, -0.05) is 28.1 Å². The summed E-state index contributed by atoms with van der Waals surface area (Å²) in [6.07, 6.45) is 0. The van der Waals surface area contributed by atoms with E-state index in [2.05, 4.69) is 37.2 Å². The molecule has 3 rings (SSSR count). The van der Waals surface area contributed by atoms with Gasteiger partial charge in [0.05, 0.1) is 6.54 Å². The quantitative estimate of drug-likeness (QED) is 0.602. The van der Waals surface area contributed by atoms with Crippen LogP contribution in [0.4, 0.5) is 0 Å². The Morgan fingerprint density at radius 2 is 1.81 bits per heavy atom. The van der Waals surface area contributed by atoms with E-state index in [0.717, 1.165) is 24.6 Å². The van der Waals surface area contributed by atoms with Gasteiger partial charge < -0.3 is 5.32 Å². The maximum Gasteiger partial charge on any atom is 0.251 e. The Morgan fingerprint density at radius 1 is 1.05 bits per heavy atom. The summed E-state index contributed by atoms with van der Waals surface area (Å²) < 4.78 is 2.07. The van der Waals surface area contributed by atoms with Gasteiger partial charge in [0, 0.05) is 19.4 Å². The average molecular weight is 425 g/mol. The molecule has 2 aromatic carbocycles. The molecule has 1 heterocycles. The number of carbonyl (C=O) groups excluding carboxylic acids is 1. The molecule has 21 heavy (non-hydrogen) atoms. The van der Waals surface area contributed by atoms with Crippen LogP contribution in [0.25, 0.3) is 10.8 Å². The summed E-state index contributed by atoms with van der Waals surface area (Å²) in [5, 5.41) is 7.12. The van der Waals surface area contributed by atoms with Gasteiger partial charge in [-0.2, -0.15) is 0 Å². The molecule has 3 aromatic rings. The first-order valence-corrected chi connectivity index (χ1v) is 8.79. The minimum absolute atomic E-state index is 0.0554. The highest BCUT2D eigenvalue weighted by atomic mass is 79.9. The second-order valence-corrected chi connectivity index (χ2v) is 7.35. The van der Waals surface area contributed by atoms with E-state index in [1.54, 1.807) is 11.3 Å². The van der Waals surface area contributed by atoms with Crippen LogP contribution in [0.1, 0.15) is 15.2 Å². The zero-order chi connectivity index (χ0) is 14.8. The molecule has 0 fully saturated rings. The van der Waals surface area contributed by atoms with Crippen molar-refractivity contribution in [3.05, 3.63) is 67.2 Å². The van der Waals surface area contributed by atoms with Crippen molar-refractivity contribution in [1.82, 2.24) is 5.32 Å². The van der Waals surface area contributed by atoms with Gasteiger partial charge in [-0.15, -0.1) is 11.3 Å². The van der Waals surface area contributed by atoms with E-state index in [-0.39, 0.29) is 5.91 Å². The first-order valence-electron chi connectivity index (χ1n) is 6.33. The SMILES string of the molecule is O=C(NCc1sccc1Br)c1ccc2cc(Br)ccc2c1. The van der Waals surface area contributed by atoms with Crippen molar-refractivity contribution in [1.29, 1.82) is 0 Å². The summed E-state index contributed by atoms with van der Waals surface area (Å²) in [4.78, 5) is 13.3. The van der Waals surface area contributed by atoms with Gasteiger partial charge in [0.1, 0.15) is 0 Å². The van der Waals surface area contributed by atoms with Crippen molar-refractivity contribution < 1.29 is 4.79 Å². The molecule has 0 atom stereocenters. The van der Waals surface area contributed by atoms with E-state index in [4.69, 9.17) is 0 Å². The van der Waals surface area contributed by atoms with Crippen LogP contribution in [-0.2, 0) is 6.54 Å². The monoisotopic (exact) mass is 423 g/mol. The van der Waals surface area contributed by atoms with Gasteiger partial charge in [0.2, 0.25) is 0 Å². The highest BCUT2D eigenvalue weighted by Crippen LogP contribution is 2.23. The van der Waals surface area contributed by atoms with E-state index in [1.807, 2.05) is 47.8 Å². The van der Waals surface area contributed by atoms with Crippen molar-refractivity contribution in [2.75, 3.05) is 0 Å². The maximum absolute atomic E-state index is 12.2. The highest BCUT2D eigenvalue weighted by molar-refractivity contribution is 9.10. The lowest BCUT2D eigenvalue weighted by Gasteiger charge is -2.06. The molecule has 1 N–H and O–H groups in total. The van der Waals surface area contributed by atoms with Crippen LogP contribution in [0.5, 0.6) is 0 Å². The van der Waals surface area contributed by atoms with Crippen LogP contribution in [0.15, 0.2) is 56.8 Å². The van der Waals surface area contributed by atoms with Crippen LogP contribution in [0.2, 0.25) is 0 Å². The molecule has 0 saturated heterocycles. The van der Waals surface area contributed by atoms with Crippen molar-refractivity contribution in [2.45, 2.75) is 6.54 Å². The predicted molar refractivity (Wildman–Crippen MR) is 94.8 cm³/mol. The number of fused-ring (bicyclic) bond motifs is 1. The zero-order valence-electron chi connectivity index (χ0n) is 10.9. The Hall–Kier alpha value is -1.17. The third kappa shape index (κ3) is 3.36. The highest BCUT2D eigenvalue weighted by Gasteiger charge is 2.08. The molecule has 0 radical (unpaired) electrons. The fourth-order valence-corrected chi connectivity index (χ4v) is 3.88. The third-order valence-corrected chi connectivity index (χ3v) is 5.58. The Morgan fingerprint density at radius 3 is 2.57 bits per heavy atom. The topological polar surface area (TPSA) is 29.1 Å². The fraction of sp³-hybridized carbons (Fsp3) is 0.0625. The Balaban J connectivity index is 1.78. The van der Waals surface area contributed by atoms with Crippen LogP contribution in [-0.4, -0.2) is 5.91 Å². The van der Waals surface area contributed by atoms with Crippen molar-refractivity contribution in [3.8, 4) is 0 Å². The lowest BCUT2D eigenvalue weighted by molar-refractivity contribution is 0.0951. The van der Waals surface area contributed by atoms with Crippen LogP contribution in [0.3, 0.4) is 0 Å². The van der Waals surface area contributed by atoms with Crippen molar-refractivity contribution in [2.24, 2.45) is 0 Å². The van der Waals surface area contributed by atoms with Crippen LogP contribution >= 0.6 is 43.2 Å². The Kier molecular flexibility index (Phi) is 4.42. The number of thiophene rings is 1. The minimum Gasteiger partial charge on any atom is -0.347 e. The maximum atomic E-state index is 12.2. The van der Waals surface area contributed by atoms with Gasteiger partial charge in [-0.05, 0) is 62.4 Å². The summed E-state index contributed by atoms with van der Waals surface area (Å²) in [5.74, 6) is -0.0554. The molecule has 1 amide bonds. The van der Waals surface area contributed by atoms with E-state index >= 15 is 0 Å². The summed E-state index contributed by atoms with van der Waals surface area (Å²) in [5.41, 5.74) is 0.678. The van der Waals surface area contributed by atoms with Gasteiger partial charge >= 0.3 is 0 Å². The van der Waals surface area contributed by atoms with Crippen molar-refractivity contribution in [3.63, 3.8) is 0 Å². The smallest absolute Gasteiger partial charge is 0.251 e. The number of benzene rings is 2. The van der Waals surface area contributed by atoms with E-state index in [1.165, 1.54) is 0 Å².